The molecule has 2 heterocycles. The maximum atomic E-state index is 13.7. The standard InChI is InChI=1S/C25H24N2O6S/c1-14-21(24(29)33-5)22(16-10-11-18(31-3)19(12-16)32-4)27-23(28)20(34-25(27)26-14)13-15-8-6-7-9-17(15)30-2/h6-13,22H,1-5H3/t22-/m1/s1. The number of thiazole rings is 1. The lowest BCUT2D eigenvalue weighted by atomic mass is 9.95. The van der Waals surface area contributed by atoms with Gasteiger partial charge in [0.15, 0.2) is 16.3 Å². The molecule has 1 atom stereocenters. The number of hydrogen-bond acceptors (Lipinski definition) is 8. The first-order valence-corrected chi connectivity index (χ1v) is 11.2. The van der Waals surface area contributed by atoms with Crippen molar-refractivity contribution in [2.75, 3.05) is 28.4 Å². The molecule has 0 radical (unpaired) electrons. The normalized spacial score (nSPS) is 15.4. The van der Waals surface area contributed by atoms with E-state index in [1.54, 1.807) is 45.4 Å². The number of benzene rings is 2. The van der Waals surface area contributed by atoms with Crippen LogP contribution in [-0.4, -0.2) is 39.0 Å². The molecule has 4 rings (SSSR count). The molecule has 1 aromatic heterocycles. The Labute approximate surface area is 200 Å². The molecule has 2 aromatic carbocycles. The highest BCUT2D eigenvalue weighted by Gasteiger charge is 2.33. The second-order valence-electron chi connectivity index (χ2n) is 7.43. The Hall–Kier alpha value is -3.85. The minimum atomic E-state index is -0.747. The van der Waals surface area contributed by atoms with Crippen molar-refractivity contribution in [2.24, 2.45) is 4.99 Å². The van der Waals surface area contributed by atoms with Gasteiger partial charge < -0.3 is 18.9 Å². The largest absolute Gasteiger partial charge is 0.496 e. The molecule has 0 saturated carbocycles. The second kappa shape index (κ2) is 9.56. The topological polar surface area (TPSA) is 88.4 Å². The lowest BCUT2D eigenvalue weighted by Crippen LogP contribution is -2.39. The Morgan fingerprint density at radius 2 is 1.71 bits per heavy atom. The zero-order chi connectivity index (χ0) is 24.4. The lowest BCUT2D eigenvalue weighted by molar-refractivity contribution is -0.136. The van der Waals surface area contributed by atoms with E-state index in [9.17, 15) is 9.59 Å². The first-order chi connectivity index (χ1) is 16.4. The van der Waals surface area contributed by atoms with Crippen LogP contribution in [0.15, 0.2) is 63.5 Å². The summed E-state index contributed by atoms with van der Waals surface area (Å²) in [7, 11) is 5.96. The number of allylic oxidation sites excluding steroid dienone is 1. The van der Waals surface area contributed by atoms with Crippen molar-refractivity contribution in [3.63, 3.8) is 0 Å². The van der Waals surface area contributed by atoms with Crippen molar-refractivity contribution >= 4 is 23.4 Å². The van der Waals surface area contributed by atoms with Gasteiger partial charge in [-0.25, -0.2) is 9.79 Å². The van der Waals surface area contributed by atoms with Gasteiger partial charge in [-0.1, -0.05) is 35.6 Å². The zero-order valence-corrected chi connectivity index (χ0v) is 20.3. The quantitative estimate of drug-likeness (QED) is 0.504. The summed E-state index contributed by atoms with van der Waals surface area (Å²) in [6, 6.07) is 12.0. The molecular formula is C25H24N2O6S. The molecule has 0 bridgehead atoms. The Morgan fingerprint density at radius 3 is 2.38 bits per heavy atom. The average molecular weight is 481 g/mol. The summed E-state index contributed by atoms with van der Waals surface area (Å²) in [4.78, 5) is 31.5. The molecule has 0 amide bonds. The number of fused-ring (bicyclic) bond motifs is 1. The summed E-state index contributed by atoms with van der Waals surface area (Å²) < 4.78 is 23.3. The highest BCUT2D eigenvalue weighted by Crippen LogP contribution is 2.36. The third kappa shape index (κ3) is 3.99. The van der Waals surface area contributed by atoms with E-state index in [1.165, 1.54) is 30.1 Å². The van der Waals surface area contributed by atoms with Gasteiger partial charge in [-0.15, -0.1) is 0 Å². The SMILES string of the molecule is COC(=O)C1=C(C)N=c2sc(=Cc3ccccc3OC)c(=O)n2[C@@H]1c1ccc(OC)c(OC)c1. The van der Waals surface area contributed by atoms with Crippen LogP contribution in [0.3, 0.4) is 0 Å². The summed E-state index contributed by atoms with van der Waals surface area (Å²) in [5.74, 6) is 1.11. The number of esters is 1. The first-order valence-electron chi connectivity index (χ1n) is 10.4. The third-order valence-corrected chi connectivity index (χ3v) is 6.56. The van der Waals surface area contributed by atoms with Crippen LogP contribution in [0.4, 0.5) is 0 Å². The van der Waals surface area contributed by atoms with Crippen LogP contribution >= 0.6 is 11.3 Å². The molecule has 3 aromatic rings. The summed E-state index contributed by atoms with van der Waals surface area (Å²) in [6.45, 7) is 1.73. The molecule has 0 spiro atoms. The second-order valence-corrected chi connectivity index (χ2v) is 8.44. The Kier molecular flexibility index (Phi) is 6.56. The van der Waals surface area contributed by atoms with Crippen LogP contribution in [0.1, 0.15) is 24.1 Å². The number of rotatable bonds is 6. The summed E-state index contributed by atoms with van der Waals surface area (Å²) in [5.41, 5.74) is 1.92. The van der Waals surface area contributed by atoms with Crippen LogP contribution in [0, 0.1) is 0 Å². The van der Waals surface area contributed by atoms with E-state index >= 15 is 0 Å². The summed E-state index contributed by atoms with van der Waals surface area (Å²) in [5, 5.41) is 0. The molecule has 0 fully saturated rings. The van der Waals surface area contributed by atoms with E-state index in [0.717, 1.165) is 5.56 Å². The molecule has 9 heteroatoms. The number of hydrogen-bond donors (Lipinski definition) is 0. The fraction of sp³-hybridized carbons (Fsp3) is 0.240. The van der Waals surface area contributed by atoms with E-state index in [1.807, 2.05) is 24.3 Å². The van der Waals surface area contributed by atoms with Gasteiger partial charge in [0.1, 0.15) is 5.75 Å². The van der Waals surface area contributed by atoms with Gasteiger partial charge in [0.25, 0.3) is 5.56 Å². The zero-order valence-electron chi connectivity index (χ0n) is 19.4. The summed E-state index contributed by atoms with van der Waals surface area (Å²) >= 11 is 1.25. The number of aromatic nitrogens is 1. The van der Waals surface area contributed by atoms with Crippen molar-refractivity contribution in [3.8, 4) is 17.2 Å². The molecular weight excluding hydrogens is 456 g/mol. The minimum Gasteiger partial charge on any atom is -0.496 e. The Balaban J connectivity index is 1.99. The van der Waals surface area contributed by atoms with Crippen molar-refractivity contribution in [2.45, 2.75) is 13.0 Å². The maximum Gasteiger partial charge on any atom is 0.338 e. The molecule has 34 heavy (non-hydrogen) atoms. The van der Waals surface area contributed by atoms with Crippen molar-refractivity contribution < 1.29 is 23.7 Å². The predicted molar refractivity (Wildman–Crippen MR) is 128 cm³/mol. The third-order valence-electron chi connectivity index (χ3n) is 5.58. The van der Waals surface area contributed by atoms with E-state index in [4.69, 9.17) is 18.9 Å². The fourth-order valence-corrected chi connectivity index (χ4v) is 5.00. The number of carbonyl (C=O) groups excluding carboxylic acids is 1. The van der Waals surface area contributed by atoms with Crippen LogP contribution in [0.2, 0.25) is 0 Å². The number of ether oxygens (including phenoxy) is 4. The minimum absolute atomic E-state index is 0.275. The van der Waals surface area contributed by atoms with Crippen LogP contribution in [-0.2, 0) is 9.53 Å². The number of methoxy groups -OCH3 is 4. The predicted octanol–water partition coefficient (Wildman–Crippen LogP) is 2.43. The van der Waals surface area contributed by atoms with Gasteiger partial charge in [0, 0.05) is 5.56 Å². The molecule has 176 valence electrons. The monoisotopic (exact) mass is 480 g/mol. The van der Waals surface area contributed by atoms with Gasteiger partial charge in [0.05, 0.1) is 50.3 Å². The number of carbonyl (C=O) groups is 1. The average Bonchev–Trinajstić information content (AvgIpc) is 3.16. The highest BCUT2D eigenvalue weighted by molar-refractivity contribution is 7.07. The maximum absolute atomic E-state index is 13.7. The number of para-hydroxylation sites is 1. The number of nitrogens with zero attached hydrogens (tertiary/aromatic N) is 2. The van der Waals surface area contributed by atoms with Gasteiger partial charge in [-0.2, -0.15) is 0 Å². The summed E-state index contributed by atoms with van der Waals surface area (Å²) in [6.07, 6.45) is 1.77. The van der Waals surface area contributed by atoms with Gasteiger partial charge in [0.2, 0.25) is 0 Å². The van der Waals surface area contributed by atoms with E-state index < -0.39 is 12.0 Å². The van der Waals surface area contributed by atoms with Gasteiger partial charge >= 0.3 is 5.97 Å². The van der Waals surface area contributed by atoms with E-state index in [-0.39, 0.29) is 11.1 Å². The van der Waals surface area contributed by atoms with E-state index in [2.05, 4.69) is 4.99 Å². The van der Waals surface area contributed by atoms with Crippen LogP contribution in [0.5, 0.6) is 17.2 Å². The van der Waals surface area contributed by atoms with Crippen molar-refractivity contribution in [1.29, 1.82) is 0 Å². The fourth-order valence-electron chi connectivity index (χ4n) is 3.96. The Morgan fingerprint density at radius 1 is 1.00 bits per heavy atom. The van der Waals surface area contributed by atoms with Crippen LogP contribution < -0.4 is 29.1 Å². The Bertz CT molecular complexity index is 1470. The van der Waals surface area contributed by atoms with Gasteiger partial charge in [-0.05, 0) is 36.8 Å². The highest BCUT2D eigenvalue weighted by atomic mass is 32.1. The molecule has 0 saturated heterocycles. The van der Waals surface area contributed by atoms with Crippen LogP contribution in [0.25, 0.3) is 6.08 Å². The molecule has 0 N–H and O–H groups in total. The molecule has 1 aliphatic rings. The van der Waals surface area contributed by atoms with E-state index in [0.29, 0.717) is 37.8 Å². The lowest BCUT2D eigenvalue weighted by Gasteiger charge is -2.25. The molecule has 0 unspecified atom stereocenters. The molecule has 0 aliphatic carbocycles. The first kappa shape index (κ1) is 23.3. The van der Waals surface area contributed by atoms with Crippen molar-refractivity contribution in [3.05, 3.63) is 84.5 Å². The molecule has 1 aliphatic heterocycles. The van der Waals surface area contributed by atoms with Gasteiger partial charge in [-0.3, -0.25) is 9.36 Å². The molecule has 8 nitrogen and oxygen atoms in total. The smallest absolute Gasteiger partial charge is 0.338 e. The van der Waals surface area contributed by atoms with Crippen molar-refractivity contribution in [1.82, 2.24) is 4.57 Å².